The van der Waals surface area contributed by atoms with Gasteiger partial charge in [0.25, 0.3) is 0 Å². The van der Waals surface area contributed by atoms with Crippen LogP contribution in [0.4, 0.5) is 0 Å². The van der Waals surface area contributed by atoms with Gasteiger partial charge in [0.1, 0.15) is 5.75 Å². The molecule has 4 N–H and O–H groups in total. The van der Waals surface area contributed by atoms with Crippen molar-refractivity contribution in [3.05, 3.63) is 102 Å². The van der Waals surface area contributed by atoms with Gasteiger partial charge in [-0.1, -0.05) is 66.7 Å². The zero-order valence-corrected chi connectivity index (χ0v) is 16.2. The number of nitrogens with one attached hydrogen (secondary N) is 1. The Morgan fingerprint density at radius 1 is 0.800 bits per heavy atom. The van der Waals surface area contributed by atoms with E-state index in [0.717, 1.165) is 22.2 Å². The number of nitrogens with two attached hydrogens (primary N) is 1. The van der Waals surface area contributed by atoms with Crippen LogP contribution in [0.3, 0.4) is 0 Å². The zero-order valence-electron chi connectivity index (χ0n) is 16.2. The average Bonchev–Trinajstić information content (AvgIpc) is 3.17. The van der Waals surface area contributed by atoms with Crippen LogP contribution in [-0.4, -0.2) is 16.0 Å². The Hall–Kier alpha value is -4.05. The number of fused-ring (bicyclic) bond motifs is 3. The first-order valence-electron chi connectivity index (χ1n) is 9.82. The van der Waals surface area contributed by atoms with Crippen LogP contribution in [0.1, 0.15) is 21.5 Å². The fourth-order valence-corrected chi connectivity index (χ4v) is 4.22. The molecule has 4 heteroatoms. The molecule has 0 spiro atoms. The third-order valence-corrected chi connectivity index (χ3v) is 5.59. The molecule has 4 aromatic carbocycles. The molecule has 4 nitrogen and oxygen atoms in total. The van der Waals surface area contributed by atoms with E-state index in [1.165, 1.54) is 11.1 Å². The molecule has 0 radical (unpaired) electrons. The van der Waals surface area contributed by atoms with Gasteiger partial charge in [0, 0.05) is 22.9 Å². The van der Waals surface area contributed by atoms with E-state index in [9.17, 15) is 9.90 Å². The number of aromatic amines is 1. The maximum Gasteiger partial charge on any atom is 0.249 e. The van der Waals surface area contributed by atoms with E-state index < -0.39 is 5.91 Å². The standard InChI is InChI=1S/C26H20N2O2/c27-26(30)20-11-6-12-21-23(20)24-22(29)14-13-18(25(24)28-21)15-17-9-4-5-10-19(17)16-7-2-1-3-8-16/h1-14,28-29H,15H2,(H2,27,30). The SMILES string of the molecule is NC(=O)c1cccc2[nH]c3c(Cc4ccccc4-c4ccccc4)ccc(O)c3c12. The van der Waals surface area contributed by atoms with Gasteiger partial charge in [-0.2, -0.15) is 0 Å². The van der Waals surface area contributed by atoms with E-state index in [1.54, 1.807) is 18.2 Å². The minimum Gasteiger partial charge on any atom is -0.507 e. The van der Waals surface area contributed by atoms with E-state index in [0.29, 0.717) is 22.8 Å². The summed E-state index contributed by atoms with van der Waals surface area (Å²) in [6.45, 7) is 0. The van der Waals surface area contributed by atoms with Crippen molar-refractivity contribution in [3.8, 4) is 16.9 Å². The number of aromatic hydroxyl groups is 1. The second-order valence-electron chi connectivity index (χ2n) is 7.41. The molecule has 0 unspecified atom stereocenters. The molecule has 0 atom stereocenters. The third-order valence-electron chi connectivity index (χ3n) is 5.59. The lowest BCUT2D eigenvalue weighted by Gasteiger charge is -2.11. The monoisotopic (exact) mass is 392 g/mol. The highest BCUT2D eigenvalue weighted by molar-refractivity contribution is 6.19. The molecule has 0 bridgehead atoms. The maximum atomic E-state index is 12.0. The predicted molar refractivity (Wildman–Crippen MR) is 121 cm³/mol. The van der Waals surface area contributed by atoms with Crippen molar-refractivity contribution in [1.29, 1.82) is 0 Å². The van der Waals surface area contributed by atoms with Crippen LogP contribution in [0.25, 0.3) is 32.9 Å². The van der Waals surface area contributed by atoms with Crippen LogP contribution in [0, 0.1) is 0 Å². The first-order valence-corrected chi connectivity index (χ1v) is 9.82. The van der Waals surface area contributed by atoms with Crippen molar-refractivity contribution in [2.75, 3.05) is 0 Å². The van der Waals surface area contributed by atoms with Gasteiger partial charge in [-0.15, -0.1) is 0 Å². The second-order valence-corrected chi connectivity index (χ2v) is 7.41. The summed E-state index contributed by atoms with van der Waals surface area (Å²) < 4.78 is 0. The van der Waals surface area contributed by atoms with Gasteiger partial charge in [-0.05, 0) is 40.5 Å². The summed E-state index contributed by atoms with van der Waals surface area (Å²) in [5, 5.41) is 11.9. The van der Waals surface area contributed by atoms with Crippen molar-refractivity contribution >= 4 is 27.7 Å². The zero-order chi connectivity index (χ0) is 20.7. The molecule has 5 rings (SSSR count). The first-order chi connectivity index (χ1) is 14.6. The predicted octanol–water partition coefficient (Wildman–Crippen LogP) is 5.38. The molecule has 30 heavy (non-hydrogen) atoms. The highest BCUT2D eigenvalue weighted by Crippen LogP contribution is 2.37. The van der Waals surface area contributed by atoms with Crippen molar-refractivity contribution in [1.82, 2.24) is 4.98 Å². The molecule has 0 saturated heterocycles. The van der Waals surface area contributed by atoms with Gasteiger partial charge in [-0.25, -0.2) is 0 Å². The summed E-state index contributed by atoms with van der Waals surface area (Å²) in [6.07, 6.45) is 0.681. The number of carbonyl (C=O) groups excluding carboxylic acids is 1. The summed E-state index contributed by atoms with van der Waals surface area (Å²) in [5.41, 5.74) is 12.2. The molecule has 146 valence electrons. The average molecular weight is 392 g/mol. The number of phenols is 1. The fourth-order valence-electron chi connectivity index (χ4n) is 4.22. The van der Waals surface area contributed by atoms with Crippen molar-refractivity contribution < 1.29 is 9.90 Å². The number of H-pyrrole nitrogens is 1. The Morgan fingerprint density at radius 3 is 2.37 bits per heavy atom. The molecule has 0 fully saturated rings. The minimum absolute atomic E-state index is 0.130. The molecule has 0 aliphatic rings. The molecule has 1 amide bonds. The van der Waals surface area contributed by atoms with Crippen LogP contribution in [0.15, 0.2) is 84.9 Å². The molecule has 5 aromatic rings. The van der Waals surface area contributed by atoms with Crippen molar-refractivity contribution in [2.45, 2.75) is 6.42 Å². The molecule has 1 aromatic heterocycles. The van der Waals surface area contributed by atoms with Crippen LogP contribution in [0.5, 0.6) is 5.75 Å². The number of primary amides is 1. The fraction of sp³-hybridized carbons (Fsp3) is 0.0385. The Balaban J connectivity index is 1.71. The van der Waals surface area contributed by atoms with Crippen LogP contribution < -0.4 is 5.73 Å². The van der Waals surface area contributed by atoms with E-state index >= 15 is 0 Å². The molecule has 1 heterocycles. The topological polar surface area (TPSA) is 79.1 Å². The van der Waals surface area contributed by atoms with E-state index in [1.807, 2.05) is 42.5 Å². The Kier molecular flexibility index (Phi) is 4.25. The largest absolute Gasteiger partial charge is 0.507 e. The smallest absolute Gasteiger partial charge is 0.249 e. The highest BCUT2D eigenvalue weighted by Gasteiger charge is 2.18. The van der Waals surface area contributed by atoms with Crippen molar-refractivity contribution in [2.24, 2.45) is 5.73 Å². The Bertz CT molecular complexity index is 1400. The molecular weight excluding hydrogens is 372 g/mol. The summed E-state index contributed by atoms with van der Waals surface area (Å²) in [5.74, 6) is -0.384. The van der Waals surface area contributed by atoms with Gasteiger partial charge >= 0.3 is 0 Å². The number of hydrogen-bond donors (Lipinski definition) is 3. The summed E-state index contributed by atoms with van der Waals surface area (Å²) >= 11 is 0. The van der Waals surface area contributed by atoms with E-state index in [4.69, 9.17) is 5.73 Å². The van der Waals surface area contributed by atoms with Crippen LogP contribution >= 0.6 is 0 Å². The van der Waals surface area contributed by atoms with Gasteiger partial charge < -0.3 is 15.8 Å². The van der Waals surface area contributed by atoms with Gasteiger partial charge in [0.2, 0.25) is 5.91 Å². The van der Waals surface area contributed by atoms with Gasteiger partial charge in [-0.3, -0.25) is 4.79 Å². The molecule has 0 aliphatic carbocycles. The molecular formula is C26H20N2O2. The number of phenolic OH excluding ortho intramolecular Hbond substituents is 1. The Labute approximate surface area is 173 Å². The minimum atomic E-state index is -0.513. The Morgan fingerprint density at radius 2 is 1.57 bits per heavy atom. The lowest BCUT2D eigenvalue weighted by Crippen LogP contribution is -2.10. The van der Waals surface area contributed by atoms with Gasteiger partial charge in [0.15, 0.2) is 0 Å². The third kappa shape index (κ3) is 2.90. The number of hydrogen-bond acceptors (Lipinski definition) is 2. The lowest BCUT2D eigenvalue weighted by atomic mass is 9.94. The van der Waals surface area contributed by atoms with E-state index in [2.05, 4.69) is 29.2 Å². The highest BCUT2D eigenvalue weighted by atomic mass is 16.3. The second kappa shape index (κ2) is 7.08. The van der Waals surface area contributed by atoms with E-state index in [-0.39, 0.29) is 5.75 Å². The number of aromatic nitrogens is 1. The molecule has 0 saturated carbocycles. The number of carbonyl (C=O) groups is 1. The lowest BCUT2D eigenvalue weighted by molar-refractivity contribution is 0.100. The van der Waals surface area contributed by atoms with Crippen LogP contribution in [-0.2, 0) is 6.42 Å². The number of rotatable bonds is 4. The normalized spacial score (nSPS) is 11.2. The molecule has 0 aliphatic heterocycles. The summed E-state index contributed by atoms with van der Waals surface area (Å²) in [6, 6.07) is 27.6. The summed E-state index contributed by atoms with van der Waals surface area (Å²) in [4.78, 5) is 15.4. The quantitative estimate of drug-likeness (QED) is 0.384. The number of benzene rings is 4. The van der Waals surface area contributed by atoms with Crippen molar-refractivity contribution in [3.63, 3.8) is 0 Å². The van der Waals surface area contributed by atoms with Gasteiger partial charge in [0.05, 0.1) is 10.9 Å². The van der Waals surface area contributed by atoms with Crippen LogP contribution in [0.2, 0.25) is 0 Å². The number of amides is 1. The first kappa shape index (κ1) is 18.0. The maximum absolute atomic E-state index is 12.0. The summed E-state index contributed by atoms with van der Waals surface area (Å²) in [7, 11) is 0.